The summed E-state index contributed by atoms with van der Waals surface area (Å²) in [4.78, 5) is 20.5. The molecule has 0 saturated carbocycles. The molecule has 3 aromatic rings. The summed E-state index contributed by atoms with van der Waals surface area (Å²) in [5, 5.41) is 4.15. The highest BCUT2D eigenvalue weighted by molar-refractivity contribution is 7.15. The van der Waals surface area contributed by atoms with Crippen molar-refractivity contribution in [2.24, 2.45) is 0 Å². The summed E-state index contributed by atoms with van der Waals surface area (Å²) < 4.78 is 5.61. The number of halogens is 1. The van der Waals surface area contributed by atoms with Gasteiger partial charge in [0.05, 0.1) is 5.69 Å². The quantitative estimate of drug-likeness (QED) is 0.620. The van der Waals surface area contributed by atoms with Crippen molar-refractivity contribution in [3.8, 4) is 5.75 Å². The van der Waals surface area contributed by atoms with Crippen LogP contribution in [-0.2, 0) is 24.3 Å². The summed E-state index contributed by atoms with van der Waals surface area (Å²) in [7, 11) is 0. The minimum Gasteiger partial charge on any atom is -0.483 e. The molecule has 1 N–H and O–H groups in total. The van der Waals surface area contributed by atoms with Gasteiger partial charge in [-0.05, 0) is 36.2 Å². The van der Waals surface area contributed by atoms with Crippen molar-refractivity contribution in [2.75, 3.05) is 18.5 Å². The Bertz CT molecular complexity index is 1010. The molecule has 0 radical (unpaired) electrons. The molecule has 0 bridgehead atoms. The predicted molar refractivity (Wildman–Crippen MR) is 117 cm³/mol. The molecule has 0 unspecified atom stereocenters. The molecule has 7 heteroatoms. The maximum atomic E-state index is 12.3. The number of nitrogens with one attached hydrogen (secondary N) is 1. The average Bonchev–Trinajstić information content (AvgIpc) is 3.09. The number of hydrogen-bond donors (Lipinski definition) is 1. The number of thiazole rings is 1. The molecule has 150 valence electrons. The number of aromatic nitrogens is 1. The molecule has 0 saturated heterocycles. The van der Waals surface area contributed by atoms with Gasteiger partial charge in [0, 0.05) is 36.0 Å². The fourth-order valence-electron chi connectivity index (χ4n) is 3.35. The molecule has 29 heavy (non-hydrogen) atoms. The van der Waals surface area contributed by atoms with E-state index in [1.54, 1.807) is 23.5 Å². The highest BCUT2D eigenvalue weighted by Crippen LogP contribution is 2.29. The molecule has 1 aliphatic rings. The van der Waals surface area contributed by atoms with Crippen LogP contribution in [0.3, 0.4) is 0 Å². The van der Waals surface area contributed by atoms with Crippen molar-refractivity contribution < 1.29 is 9.53 Å². The zero-order valence-electron chi connectivity index (χ0n) is 16.2. The van der Waals surface area contributed by atoms with E-state index in [1.807, 2.05) is 19.1 Å². The second-order valence-electron chi connectivity index (χ2n) is 7.08. The normalized spacial score (nSPS) is 13.7. The Morgan fingerprint density at radius 3 is 2.90 bits per heavy atom. The lowest BCUT2D eigenvalue weighted by Crippen LogP contribution is -2.29. The van der Waals surface area contributed by atoms with Crippen molar-refractivity contribution in [3.63, 3.8) is 0 Å². The van der Waals surface area contributed by atoms with Gasteiger partial charge in [0.2, 0.25) is 0 Å². The van der Waals surface area contributed by atoms with E-state index in [4.69, 9.17) is 16.3 Å². The van der Waals surface area contributed by atoms with Crippen molar-refractivity contribution in [2.45, 2.75) is 26.4 Å². The molecule has 0 atom stereocenters. The first-order chi connectivity index (χ1) is 14.1. The standard InChI is InChI=1S/C22H22ClN3O2S/c1-15-11-17(23)7-8-19(15)28-14-21(27)25-22-24-18-9-10-26(13-20(18)29-22)12-16-5-3-2-4-6-16/h2-8,11H,9-10,12-14H2,1H3,(H,24,25,27). The van der Waals surface area contributed by atoms with Crippen LogP contribution in [0, 0.1) is 6.92 Å². The number of rotatable bonds is 6. The number of carbonyl (C=O) groups is 1. The molecular weight excluding hydrogens is 406 g/mol. The van der Waals surface area contributed by atoms with Gasteiger partial charge in [-0.15, -0.1) is 11.3 Å². The van der Waals surface area contributed by atoms with Gasteiger partial charge in [-0.25, -0.2) is 4.98 Å². The van der Waals surface area contributed by atoms with Gasteiger partial charge in [0.25, 0.3) is 5.91 Å². The molecule has 4 rings (SSSR count). The van der Waals surface area contributed by atoms with Crippen molar-refractivity contribution in [3.05, 3.63) is 75.3 Å². The Morgan fingerprint density at radius 1 is 1.28 bits per heavy atom. The van der Waals surface area contributed by atoms with E-state index >= 15 is 0 Å². The summed E-state index contributed by atoms with van der Waals surface area (Å²) in [6.45, 7) is 4.59. The van der Waals surface area contributed by atoms with Crippen LogP contribution in [0.5, 0.6) is 5.75 Å². The highest BCUT2D eigenvalue weighted by Gasteiger charge is 2.21. The van der Waals surface area contributed by atoms with E-state index in [1.165, 1.54) is 10.4 Å². The zero-order valence-corrected chi connectivity index (χ0v) is 17.7. The number of amides is 1. The Kier molecular flexibility index (Phi) is 6.13. The fraction of sp³-hybridized carbons (Fsp3) is 0.273. The number of nitrogens with zero attached hydrogens (tertiary/aromatic N) is 2. The van der Waals surface area contributed by atoms with Crippen LogP contribution in [-0.4, -0.2) is 28.9 Å². The smallest absolute Gasteiger partial charge is 0.264 e. The number of ether oxygens (including phenoxy) is 1. The van der Waals surface area contributed by atoms with Gasteiger partial charge in [0.1, 0.15) is 5.75 Å². The van der Waals surface area contributed by atoms with Crippen LogP contribution in [0.15, 0.2) is 48.5 Å². The van der Waals surface area contributed by atoms with Crippen LogP contribution >= 0.6 is 22.9 Å². The van der Waals surface area contributed by atoms with Gasteiger partial charge < -0.3 is 4.74 Å². The van der Waals surface area contributed by atoms with Gasteiger partial charge in [-0.2, -0.15) is 0 Å². The van der Waals surface area contributed by atoms with Gasteiger partial charge in [-0.3, -0.25) is 15.0 Å². The Hall–Kier alpha value is -2.41. The van der Waals surface area contributed by atoms with E-state index < -0.39 is 0 Å². The third-order valence-electron chi connectivity index (χ3n) is 4.80. The van der Waals surface area contributed by atoms with E-state index in [2.05, 4.69) is 39.5 Å². The molecule has 2 aromatic carbocycles. The van der Waals surface area contributed by atoms with E-state index in [9.17, 15) is 4.79 Å². The Labute approximate surface area is 179 Å². The Balaban J connectivity index is 1.32. The van der Waals surface area contributed by atoms with Gasteiger partial charge in [-0.1, -0.05) is 41.9 Å². The average molecular weight is 428 g/mol. The molecule has 1 amide bonds. The van der Waals surface area contributed by atoms with Crippen LogP contribution in [0.2, 0.25) is 5.02 Å². The van der Waals surface area contributed by atoms with Crippen molar-refractivity contribution >= 4 is 34.0 Å². The molecule has 0 fully saturated rings. The molecule has 0 spiro atoms. The molecule has 1 aromatic heterocycles. The van der Waals surface area contributed by atoms with Crippen molar-refractivity contribution in [1.29, 1.82) is 0 Å². The zero-order chi connectivity index (χ0) is 20.2. The molecular formula is C22H22ClN3O2S. The summed E-state index contributed by atoms with van der Waals surface area (Å²) in [5.74, 6) is 0.436. The SMILES string of the molecule is Cc1cc(Cl)ccc1OCC(=O)Nc1nc2c(s1)CN(Cc1ccccc1)CC2. The van der Waals surface area contributed by atoms with Crippen LogP contribution < -0.4 is 10.1 Å². The van der Waals surface area contributed by atoms with Crippen molar-refractivity contribution in [1.82, 2.24) is 9.88 Å². The number of benzene rings is 2. The topological polar surface area (TPSA) is 54.5 Å². The number of anilines is 1. The number of aryl methyl sites for hydroxylation is 1. The van der Waals surface area contributed by atoms with E-state index in [0.717, 1.165) is 37.3 Å². The first-order valence-corrected chi connectivity index (χ1v) is 10.7. The summed E-state index contributed by atoms with van der Waals surface area (Å²) in [6.07, 6.45) is 0.898. The number of fused-ring (bicyclic) bond motifs is 1. The molecule has 1 aliphatic heterocycles. The second-order valence-corrected chi connectivity index (χ2v) is 8.60. The predicted octanol–water partition coefficient (Wildman–Crippen LogP) is 4.68. The second kappa shape index (κ2) is 8.95. The number of carbonyl (C=O) groups excluding carboxylic acids is 1. The lowest BCUT2D eigenvalue weighted by Gasteiger charge is -2.25. The lowest BCUT2D eigenvalue weighted by molar-refractivity contribution is -0.118. The third-order valence-corrected chi connectivity index (χ3v) is 6.03. The lowest BCUT2D eigenvalue weighted by atomic mass is 10.1. The van der Waals surface area contributed by atoms with Crippen LogP contribution in [0.1, 0.15) is 21.7 Å². The van der Waals surface area contributed by atoms with E-state index in [0.29, 0.717) is 15.9 Å². The molecule has 2 heterocycles. The van der Waals surface area contributed by atoms with E-state index in [-0.39, 0.29) is 12.5 Å². The van der Waals surface area contributed by atoms with Gasteiger partial charge >= 0.3 is 0 Å². The first kappa shape index (κ1) is 19.9. The monoisotopic (exact) mass is 427 g/mol. The largest absolute Gasteiger partial charge is 0.483 e. The minimum atomic E-state index is -0.216. The fourth-order valence-corrected chi connectivity index (χ4v) is 4.65. The third kappa shape index (κ3) is 5.15. The van der Waals surface area contributed by atoms with Crippen LogP contribution in [0.4, 0.5) is 5.13 Å². The maximum absolute atomic E-state index is 12.3. The highest BCUT2D eigenvalue weighted by atomic mass is 35.5. The first-order valence-electron chi connectivity index (χ1n) is 9.50. The minimum absolute atomic E-state index is 0.0626. The molecule has 5 nitrogen and oxygen atoms in total. The summed E-state index contributed by atoms with van der Waals surface area (Å²) >= 11 is 7.49. The summed E-state index contributed by atoms with van der Waals surface area (Å²) in [6, 6.07) is 15.8. The van der Waals surface area contributed by atoms with Crippen LogP contribution in [0.25, 0.3) is 0 Å². The Morgan fingerprint density at radius 2 is 2.10 bits per heavy atom. The maximum Gasteiger partial charge on any atom is 0.264 e. The van der Waals surface area contributed by atoms with Gasteiger partial charge in [0.15, 0.2) is 11.7 Å². The molecule has 0 aliphatic carbocycles. The summed E-state index contributed by atoms with van der Waals surface area (Å²) in [5.41, 5.74) is 3.29. The number of hydrogen-bond acceptors (Lipinski definition) is 5.